The molecule has 2 amide bonds. The molecular weight excluding hydrogens is 419 g/mol. The predicted octanol–water partition coefficient (Wildman–Crippen LogP) is 4.71. The molecule has 1 heterocycles. The summed E-state index contributed by atoms with van der Waals surface area (Å²) < 4.78 is 19.2. The Kier molecular flexibility index (Phi) is 7.91. The number of carbonyl (C=O) groups excluding carboxylic acids is 2. The van der Waals surface area contributed by atoms with E-state index in [-0.39, 0.29) is 17.6 Å². The van der Waals surface area contributed by atoms with Gasteiger partial charge in [0.25, 0.3) is 11.8 Å². The standard InChI is InChI=1S/C24H28ClFN2O3/c1-3-5-22(31-21-11-8-19(25)16-17(21)2)24(30)28-13-4-12-27(14-15-28)23(29)18-6-9-20(26)10-7-18/h6-11,16,22H,3-5,12-15H2,1-2H3. The normalized spacial score (nSPS) is 15.4. The summed E-state index contributed by atoms with van der Waals surface area (Å²) >= 11 is 6.03. The molecule has 1 atom stereocenters. The molecule has 0 bridgehead atoms. The van der Waals surface area contributed by atoms with Gasteiger partial charge in [-0.1, -0.05) is 24.9 Å². The van der Waals surface area contributed by atoms with Gasteiger partial charge in [0.15, 0.2) is 6.10 Å². The van der Waals surface area contributed by atoms with Gasteiger partial charge in [-0.2, -0.15) is 0 Å². The molecule has 2 aromatic rings. The van der Waals surface area contributed by atoms with Crippen molar-refractivity contribution >= 4 is 23.4 Å². The minimum absolute atomic E-state index is 0.0627. The van der Waals surface area contributed by atoms with E-state index in [0.29, 0.717) is 55.4 Å². The van der Waals surface area contributed by atoms with Crippen molar-refractivity contribution in [2.75, 3.05) is 26.2 Å². The van der Waals surface area contributed by atoms with Gasteiger partial charge >= 0.3 is 0 Å². The Balaban J connectivity index is 1.66. The highest BCUT2D eigenvalue weighted by atomic mass is 35.5. The summed E-state index contributed by atoms with van der Waals surface area (Å²) in [6, 6.07) is 10.9. The number of benzene rings is 2. The molecule has 1 fully saturated rings. The lowest BCUT2D eigenvalue weighted by Gasteiger charge is -2.27. The lowest BCUT2D eigenvalue weighted by molar-refractivity contribution is -0.139. The summed E-state index contributed by atoms with van der Waals surface area (Å²) in [5.74, 6) is 0.0703. The molecule has 31 heavy (non-hydrogen) atoms. The van der Waals surface area contributed by atoms with E-state index in [2.05, 4.69) is 0 Å². The van der Waals surface area contributed by atoms with E-state index in [4.69, 9.17) is 16.3 Å². The van der Waals surface area contributed by atoms with Crippen molar-refractivity contribution in [2.45, 2.75) is 39.2 Å². The van der Waals surface area contributed by atoms with Crippen molar-refractivity contribution < 1.29 is 18.7 Å². The summed E-state index contributed by atoms with van der Waals surface area (Å²) in [6.07, 6.45) is 1.52. The van der Waals surface area contributed by atoms with Crippen LogP contribution in [0.15, 0.2) is 42.5 Å². The number of ether oxygens (including phenoxy) is 1. The van der Waals surface area contributed by atoms with E-state index in [1.54, 1.807) is 21.9 Å². The first kappa shape index (κ1) is 23.1. The van der Waals surface area contributed by atoms with Crippen LogP contribution in [0.4, 0.5) is 4.39 Å². The number of nitrogens with zero attached hydrogens (tertiary/aromatic N) is 2. The second-order valence-corrected chi connectivity index (χ2v) is 8.22. The zero-order valence-corrected chi connectivity index (χ0v) is 18.7. The minimum atomic E-state index is -0.579. The molecule has 1 saturated heterocycles. The van der Waals surface area contributed by atoms with Crippen molar-refractivity contribution in [3.63, 3.8) is 0 Å². The molecule has 0 spiro atoms. The minimum Gasteiger partial charge on any atom is -0.480 e. The van der Waals surface area contributed by atoms with Crippen LogP contribution in [0, 0.1) is 12.7 Å². The van der Waals surface area contributed by atoms with Gasteiger partial charge in [0.2, 0.25) is 0 Å². The molecule has 0 N–H and O–H groups in total. The Morgan fingerprint density at radius 3 is 2.42 bits per heavy atom. The van der Waals surface area contributed by atoms with E-state index >= 15 is 0 Å². The summed E-state index contributed by atoms with van der Waals surface area (Å²) in [6.45, 7) is 5.91. The average Bonchev–Trinajstić information content (AvgIpc) is 3.01. The molecule has 0 radical (unpaired) electrons. The topological polar surface area (TPSA) is 49.9 Å². The summed E-state index contributed by atoms with van der Waals surface area (Å²) in [5, 5.41) is 0.627. The Hall–Kier alpha value is -2.60. The van der Waals surface area contributed by atoms with E-state index in [1.165, 1.54) is 24.3 Å². The molecule has 0 saturated carbocycles. The highest BCUT2D eigenvalue weighted by Gasteiger charge is 2.29. The summed E-state index contributed by atoms with van der Waals surface area (Å²) in [4.78, 5) is 29.5. The van der Waals surface area contributed by atoms with E-state index < -0.39 is 6.10 Å². The fourth-order valence-electron chi connectivity index (χ4n) is 3.71. The van der Waals surface area contributed by atoms with E-state index in [1.807, 2.05) is 19.9 Å². The first-order chi connectivity index (χ1) is 14.9. The second-order valence-electron chi connectivity index (χ2n) is 7.78. The molecule has 1 aliphatic heterocycles. The highest BCUT2D eigenvalue weighted by Crippen LogP contribution is 2.24. The van der Waals surface area contributed by atoms with Crippen LogP contribution in [-0.2, 0) is 4.79 Å². The number of halogens is 2. The number of amides is 2. The third-order valence-corrected chi connectivity index (χ3v) is 5.65. The average molecular weight is 447 g/mol. The highest BCUT2D eigenvalue weighted by molar-refractivity contribution is 6.30. The van der Waals surface area contributed by atoms with Crippen molar-refractivity contribution in [3.05, 3.63) is 64.4 Å². The molecule has 3 rings (SSSR count). The predicted molar refractivity (Wildman–Crippen MR) is 119 cm³/mol. The molecule has 0 aromatic heterocycles. The summed E-state index contributed by atoms with van der Waals surface area (Å²) in [7, 11) is 0. The first-order valence-electron chi connectivity index (χ1n) is 10.7. The van der Waals surface area contributed by atoms with Crippen LogP contribution in [-0.4, -0.2) is 53.9 Å². The van der Waals surface area contributed by atoms with Crippen LogP contribution >= 0.6 is 11.6 Å². The van der Waals surface area contributed by atoms with Gasteiger partial charge in [0, 0.05) is 36.8 Å². The monoisotopic (exact) mass is 446 g/mol. The third kappa shape index (κ3) is 5.97. The largest absolute Gasteiger partial charge is 0.480 e. The Morgan fingerprint density at radius 2 is 1.74 bits per heavy atom. The number of carbonyl (C=O) groups is 2. The molecule has 5 nitrogen and oxygen atoms in total. The van der Waals surface area contributed by atoms with Crippen LogP contribution in [0.5, 0.6) is 5.75 Å². The van der Waals surface area contributed by atoms with E-state index in [0.717, 1.165) is 12.0 Å². The van der Waals surface area contributed by atoms with Crippen LogP contribution in [0.1, 0.15) is 42.1 Å². The fourth-order valence-corrected chi connectivity index (χ4v) is 3.94. The van der Waals surface area contributed by atoms with Gasteiger partial charge in [-0.15, -0.1) is 0 Å². The van der Waals surface area contributed by atoms with Crippen LogP contribution in [0.2, 0.25) is 5.02 Å². The van der Waals surface area contributed by atoms with Crippen LogP contribution in [0.3, 0.4) is 0 Å². The van der Waals surface area contributed by atoms with Gasteiger partial charge in [0.1, 0.15) is 11.6 Å². The Labute approximate surface area is 187 Å². The zero-order valence-electron chi connectivity index (χ0n) is 17.9. The maximum atomic E-state index is 13.2. The maximum absolute atomic E-state index is 13.2. The molecular formula is C24H28ClFN2O3. The lowest BCUT2D eigenvalue weighted by atomic mass is 10.1. The lowest BCUT2D eigenvalue weighted by Crippen LogP contribution is -2.44. The SMILES string of the molecule is CCCC(Oc1ccc(Cl)cc1C)C(=O)N1CCCN(C(=O)c2ccc(F)cc2)CC1. The van der Waals surface area contributed by atoms with Crippen LogP contribution in [0.25, 0.3) is 0 Å². The van der Waals surface area contributed by atoms with E-state index in [9.17, 15) is 14.0 Å². The first-order valence-corrected chi connectivity index (χ1v) is 11.0. The number of hydrogen-bond acceptors (Lipinski definition) is 3. The number of rotatable bonds is 6. The van der Waals surface area contributed by atoms with Crippen molar-refractivity contribution in [1.29, 1.82) is 0 Å². The molecule has 2 aromatic carbocycles. The number of aryl methyl sites for hydroxylation is 1. The fraction of sp³-hybridized carbons (Fsp3) is 0.417. The zero-order chi connectivity index (χ0) is 22.4. The van der Waals surface area contributed by atoms with Crippen LogP contribution < -0.4 is 4.74 Å². The van der Waals surface area contributed by atoms with Gasteiger partial charge in [-0.3, -0.25) is 9.59 Å². The molecule has 166 valence electrons. The molecule has 1 aliphatic rings. The van der Waals surface area contributed by atoms with Gasteiger partial charge in [-0.05, 0) is 67.8 Å². The quantitative estimate of drug-likeness (QED) is 0.645. The molecule has 7 heteroatoms. The smallest absolute Gasteiger partial charge is 0.263 e. The number of hydrogen-bond donors (Lipinski definition) is 0. The molecule has 0 aliphatic carbocycles. The van der Waals surface area contributed by atoms with Gasteiger partial charge in [0.05, 0.1) is 0 Å². The Bertz CT molecular complexity index is 920. The third-order valence-electron chi connectivity index (χ3n) is 5.42. The summed E-state index contributed by atoms with van der Waals surface area (Å²) in [5.41, 5.74) is 1.33. The molecule has 1 unspecified atom stereocenters. The maximum Gasteiger partial charge on any atom is 0.263 e. The van der Waals surface area contributed by atoms with Crippen molar-refractivity contribution in [3.8, 4) is 5.75 Å². The van der Waals surface area contributed by atoms with Gasteiger partial charge in [-0.25, -0.2) is 4.39 Å². The Morgan fingerprint density at radius 1 is 1.06 bits per heavy atom. The van der Waals surface area contributed by atoms with Crippen molar-refractivity contribution in [2.24, 2.45) is 0 Å². The van der Waals surface area contributed by atoms with Gasteiger partial charge < -0.3 is 14.5 Å². The van der Waals surface area contributed by atoms with Crippen molar-refractivity contribution in [1.82, 2.24) is 9.80 Å². The second kappa shape index (κ2) is 10.6.